The van der Waals surface area contributed by atoms with Gasteiger partial charge >= 0.3 is 0 Å². The molecule has 1 heterocycles. The van der Waals surface area contributed by atoms with Crippen LogP contribution in [0.15, 0.2) is 23.4 Å². The van der Waals surface area contributed by atoms with E-state index in [2.05, 4.69) is 12.1 Å². The minimum atomic E-state index is -0.0524. The van der Waals surface area contributed by atoms with E-state index in [4.69, 9.17) is 9.57 Å². The topological polar surface area (TPSA) is 51.1 Å². The highest BCUT2D eigenvalue weighted by atomic mass is 16.6. The third-order valence-corrected chi connectivity index (χ3v) is 3.25. The van der Waals surface area contributed by atoms with Crippen molar-refractivity contribution in [3.8, 4) is 5.75 Å². The zero-order chi connectivity index (χ0) is 14.5. The normalized spacial score (nSPS) is 14.8. The molecule has 0 atom stereocenters. The Morgan fingerprint density at radius 2 is 2.30 bits per heavy atom. The summed E-state index contributed by atoms with van der Waals surface area (Å²) in [4.78, 5) is 18.5. The maximum atomic E-state index is 11.6. The van der Waals surface area contributed by atoms with Gasteiger partial charge in [-0.15, -0.1) is 0 Å². The van der Waals surface area contributed by atoms with Crippen LogP contribution in [-0.2, 0) is 9.63 Å². The molecule has 1 aliphatic rings. The molecule has 5 nitrogen and oxygen atoms in total. The predicted molar refractivity (Wildman–Crippen MR) is 78.4 cm³/mol. The molecular weight excluding hydrogens is 256 g/mol. The van der Waals surface area contributed by atoms with Gasteiger partial charge in [0.25, 0.3) is 5.91 Å². The average Bonchev–Trinajstić information content (AvgIpc) is 2.47. The number of unbranched alkanes of at least 4 members (excludes halogenated alkanes) is 1. The standard InChI is InChI=1S/C15H20N2O3/c1-4-5-8-20-16-11(2)12-6-7-14-13(9-12)17(3)15(18)10-19-14/h6-7,9H,4-5,8,10H2,1-3H3/b16-11-. The van der Waals surface area contributed by atoms with Crippen molar-refractivity contribution in [2.24, 2.45) is 5.16 Å². The van der Waals surface area contributed by atoms with Crippen LogP contribution in [-0.4, -0.2) is 31.9 Å². The van der Waals surface area contributed by atoms with Crippen LogP contribution < -0.4 is 9.64 Å². The van der Waals surface area contributed by atoms with E-state index < -0.39 is 0 Å². The summed E-state index contributed by atoms with van der Waals surface area (Å²) in [6.07, 6.45) is 2.07. The predicted octanol–water partition coefficient (Wildman–Crippen LogP) is 2.58. The van der Waals surface area contributed by atoms with Gasteiger partial charge in [0.1, 0.15) is 12.4 Å². The summed E-state index contributed by atoms with van der Waals surface area (Å²) < 4.78 is 5.39. The van der Waals surface area contributed by atoms with Gasteiger partial charge in [0.15, 0.2) is 6.61 Å². The highest BCUT2D eigenvalue weighted by Gasteiger charge is 2.22. The van der Waals surface area contributed by atoms with E-state index in [1.807, 2.05) is 25.1 Å². The van der Waals surface area contributed by atoms with E-state index in [0.717, 1.165) is 35.6 Å². The zero-order valence-electron chi connectivity index (χ0n) is 12.2. The van der Waals surface area contributed by atoms with Crippen molar-refractivity contribution in [3.05, 3.63) is 23.8 Å². The Kier molecular flexibility index (Phi) is 4.61. The molecule has 0 N–H and O–H groups in total. The van der Waals surface area contributed by atoms with Crippen LogP contribution in [0.5, 0.6) is 5.75 Å². The van der Waals surface area contributed by atoms with Gasteiger partial charge in [0.2, 0.25) is 0 Å². The van der Waals surface area contributed by atoms with Gasteiger partial charge in [0, 0.05) is 12.6 Å². The molecule has 0 spiro atoms. The van der Waals surface area contributed by atoms with Crippen LogP contribution in [0.1, 0.15) is 32.3 Å². The molecule has 1 aromatic carbocycles. The smallest absolute Gasteiger partial charge is 0.264 e. The number of carbonyl (C=O) groups is 1. The Labute approximate surface area is 119 Å². The summed E-state index contributed by atoms with van der Waals surface area (Å²) in [6, 6.07) is 5.68. The summed E-state index contributed by atoms with van der Waals surface area (Å²) in [5.74, 6) is 0.666. The quantitative estimate of drug-likeness (QED) is 0.472. The molecule has 1 aromatic rings. The molecule has 0 aliphatic carbocycles. The van der Waals surface area contributed by atoms with Gasteiger partial charge in [0.05, 0.1) is 11.4 Å². The second-order valence-corrected chi connectivity index (χ2v) is 4.79. The molecule has 1 aliphatic heterocycles. The van der Waals surface area contributed by atoms with Crippen LogP contribution in [0.4, 0.5) is 5.69 Å². The fourth-order valence-electron chi connectivity index (χ4n) is 1.90. The van der Waals surface area contributed by atoms with E-state index >= 15 is 0 Å². The van der Waals surface area contributed by atoms with Crippen LogP contribution in [0.25, 0.3) is 0 Å². The lowest BCUT2D eigenvalue weighted by atomic mass is 10.1. The first kappa shape index (κ1) is 14.4. The lowest BCUT2D eigenvalue weighted by Crippen LogP contribution is -2.35. The largest absolute Gasteiger partial charge is 0.482 e. The van der Waals surface area contributed by atoms with Crippen molar-refractivity contribution in [2.45, 2.75) is 26.7 Å². The van der Waals surface area contributed by atoms with Crippen LogP contribution in [0.3, 0.4) is 0 Å². The van der Waals surface area contributed by atoms with E-state index in [9.17, 15) is 4.79 Å². The maximum absolute atomic E-state index is 11.6. The Morgan fingerprint density at radius 1 is 1.50 bits per heavy atom. The maximum Gasteiger partial charge on any atom is 0.264 e. The monoisotopic (exact) mass is 276 g/mol. The Bertz CT molecular complexity index is 526. The number of fused-ring (bicyclic) bond motifs is 1. The van der Waals surface area contributed by atoms with Crippen molar-refractivity contribution in [1.29, 1.82) is 0 Å². The minimum Gasteiger partial charge on any atom is -0.482 e. The molecule has 0 unspecified atom stereocenters. The van der Waals surface area contributed by atoms with E-state index in [0.29, 0.717) is 6.61 Å². The highest BCUT2D eigenvalue weighted by molar-refractivity contribution is 6.02. The number of carbonyl (C=O) groups excluding carboxylic acids is 1. The Hall–Kier alpha value is -2.04. The molecule has 0 fully saturated rings. The van der Waals surface area contributed by atoms with Gasteiger partial charge in [-0.2, -0.15) is 0 Å². The molecule has 0 bridgehead atoms. The molecular formula is C15H20N2O3. The summed E-state index contributed by atoms with van der Waals surface area (Å²) in [7, 11) is 1.75. The average molecular weight is 276 g/mol. The number of benzene rings is 1. The fraction of sp³-hybridized carbons (Fsp3) is 0.467. The van der Waals surface area contributed by atoms with Crippen molar-refractivity contribution < 1.29 is 14.4 Å². The minimum absolute atomic E-state index is 0.0524. The van der Waals surface area contributed by atoms with E-state index in [1.165, 1.54) is 0 Å². The van der Waals surface area contributed by atoms with Crippen molar-refractivity contribution in [3.63, 3.8) is 0 Å². The number of oxime groups is 1. The second-order valence-electron chi connectivity index (χ2n) is 4.79. The van der Waals surface area contributed by atoms with Gasteiger partial charge in [-0.1, -0.05) is 18.5 Å². The first-order valence-electron chi connectivity index (χ1n) is 6.83. The zero-order valence-corrected chi connectivity index (χ0v) is 12.2. The first-order valence-corrected chi connectivity index (χ1v) is 6.83. The molecule has 20 heavy (non-hydrogen) atoms. The molecule has 108 valence electrons. The number of hydrogen-bond acceptors (Lipinski definition) is 4. The number of amides is 1. The highest BCUT2D eigenvalue weighted by Crippen LogP contribution is 2.32. The lowest BCUT2D eigenvalue weighted by Gasteiger charge is -2.26. The number of hydrogen-bond donors (Lipinski definition) is 0. The number of likely N-dealkylation sites (N-methyl/N-ethyl adjacent to an activating group) is 1. The van der Waals surface area contributed by atoms with Gasteiger partial charge < -0.3 is 14.5 Å². The van der Waals surface area contributed by atoms with Crippen LogP contribution >= 0.6 is 0 Å². The summed E-state index contributed by atoms with van der Waals surface area (Å²) in [5.41, 5.74) is 2.47. The molecule has 0 aromatic heterocycles. The lowest BCUT2D eigenvalue weighted by molar-refractivity contribution is -0.120. The number of rotatable bonds is 5. The number of nitrogens with zero attached hydrogens (tertiary/aromatic N) is 2. The first-order chi connectivity index (χ1) is 9.63. The van der Waals surface area contributed by atoms with Crippen LogP contribution in [0.2, 0.25) is 0 Å². The van der Waals surface area contributed by atoms with Crippen molar-refractivity contribution >= 4 is 17.3 Å². The SMILES string of the molecule is CCCCO/N=C(/C)c1ccc2c(c1)N(C)C(=O)CO2. The van der Waals surface area contributed by atoms with E-state index in [-0.39, 0.29) is 12.5 Å². The van der Waals surface area contributed by atoms with Crippen molar-refractivity contribution in [1.82, 2.24) is 0 Å². The summed E-state index contributed by atoms with van der Waals surface area (Å²) in [6.45, 7) is 4.71. The second kappa shape index (κ2) is 6.41. The van der Waals surface area contributed by atoms with Gasteiger partial charge in [-0.3, -0.25) is 4.79 Å². The summed E-state index contributed by atoms with van der Waals surface area (Å²) in [5, 5.41) is 4.10. The Morgan fingerprint density at radius 3 is 3.05 bits per heavy atom. The van der Waals surface area contributed by atoms with E-state index in [1.54, 1.807) is 11.9 Å². The number of anilines is 1. The third-order valence-electron chi connectivity index (χ3n) is 3.25. The fourth-order valence-corrected chi connectivity index (χ4v) is 1.90. The van der Waals surface area contributed by atoms with Gasteiger partial charge in [-0.25, -0.2) is 0 Å². The van der Waals surface area contributed by atoms with Crippen LogP contribution in [0, 0.1) is 0 Å². The number of ether oxygens (including phenoxy) is 1. The molecule has 0 saturated carbocycles. The molecule has 2 rings (SSSR count). The third kappa shape index (κ3) is 3.10. The Balaban J connectivity index is 2.16. The molecule has 0 radical (unpaired) electrons. The molecule has 1 amide bonds. The molecule has 0 saturated heterocycles. The van der Waals surface area contributed by atoms with Gasteiger partial charge in [-0.05, 0) is 31.5 Å². The molecule has 5 heteroatoms. The van der Waals surface area contributed by atoms with Crippen molar-refractivity contribution in [2.75, 3.05) is 25.2 Å². The summed E-state index contributed by atoms with van der Waals surface area (Å²) >= 11 is 0.